The van der Waals surface area contributed by atoms with Crippen LogP contribution in [0.2, 0.25) is 5.02 Å². The van der Waals surface area contributed by atoms with Crippen molar-refractivity contribution in [2.75, 3.05) is 0 Å². The van der Waals surface area contributed by atoms with Crippen LogP contribution in [0.4, 0.5) is 0 Å². The summed E-state index contributed by atoms with van der Waals surface area (Å²) in [6.07, 6.45) is 0. The summed E-state index contributed by atoms with van der Waals surface area (Å²) in [6.45, 7) is 4.63. The molecule has 2 aromatic carbocycles. The number of halogens is 1. The van der Waals surface area contributed by atoms with Gasteiger partial charge in [0, 0.05) is 23.2 Å². The summed E-state index contributed by atoms with van der Waals surface area (Å²) < 4.78 is 0. The topological polar surface area (TPSA) is 32.3 Å². The lowest BCUT2D eigenvalue weighted by Gasteiger charge is -2.15. The van der Waals surface area contributed by atoms with Crippen molar-refractivity contribution in [3.05, 3.63) is 64.2 Å². The molecule has 2 aromatic rings. The molecule has 0 aromatic heterocycles. The van der Waals surface area contributed by atoms with E-state index in [1.54, 1.807) is 0 Å². The Morgan fingerprint density at radius 1 is 1.16 bits per heavy atom. The summed E-state index contributed by atoms with van der Waals surface area (Å²) >= 11 is 5.87. The summed E-state index contributed by atoms with van der Waals surface area (Å²) in [5.41, 5.74) is 3.00. The van der Waals surface area contributed by atoms with Gasteiger partial charge in [0.05, 0.1) is 0 Å². The van der Waals surface area contributed by atoms with Gasteiger partial charge in [0.2, 0.25) is 0 Å². The zero-order valence-electron chi connectivity index (χ0n) is 11.2. The number of para-hydroxylation sites is 1. The van der Waals surface area contributed by atoms with Crippen LogP contribution in [-0.4, -0.2) is 5.11 Å². The van der Waals surface area contributed by atoms with E-state index in [0.29, 0.717) is 12.3 Å². The number of benzene rings is 2. The van der Waals surface area contributed by atoms with Crippen molar-refractivity contribution < 1.29 is 5.11 Å². The van der Waals surface area contributed by atoms with E-state index in [0.717, 1.165) is 16.1 Å². The molecule has 0 saturated carbocycles. The summed E-state index contributed by atoms with van der Waals surface area (Å²) in [6, 6.07) is 13.8. The SMILES string of the molecule is Cc1cccc(CN[C@@H](C)c2ccc(Cl)cc2)c1O. The normalized spacial score (nSPS) is 12.4. The smallest absolute Gasteiger partial charge is 0.122 e. The Balaban J connectivity index is 2.02. The second-order valence-corrected chi connectivity index (χ2v) is 5.17. The first-order valence-corrected chi connectivity index (χ1v) is 6.72. The number of phenolic OH excluding ortho intramolecular Hbond substituents is 1. The van der Waals surface area contributed by atoms with E-state index in [2.05, 4.69) is 12.2 Å². The summed E-state index contributed by atoms with van der Waals surface area (Å²) in [5, 5.41) is 14.1. The molecule has 100 valence electrons. The van der Waals surface area contributed by atoms with E-state index in [-0.39, 0.29) is 6.04 Å². The lowest BCUT2D eigenvalue weighted by atomic mass is 10.1. The maximum atomic E-state index is 9.96. The Morgan fingerprint density at radius 3 is 2.53 bits per heavy atom. The molecule has 0 aliphatic heterocycles. The Morgan fingerprint density at radius 2 is 1.84 bits per heavy atom. The van der Waals surface area contributed by atoms with E-state index in [1.165, 1.54) is 5.56 Å². The molecule has 0 heterocycles. The Hall–Kier alpha value is -1.51. The molecule has 19 heavy (non-hydrogen) atoms. The van der Waals surface area contributed by atoms with Gasteiger partial charge in [-0.05, 0) is 37.1 Å². The third kappa shape index (κ3) is 3.49. The fraction of sp³-hybridized carbons (Fsp3) is 0.250. The molecule has 2 nitrogen and oxygen atoms in total. The van der Waals surface area contributed by atoms with E-state index in [4.69, 9.17) is 11.6 Å². The second-order valence-electron chi connectivity index (χ2n) is 4.74. The largest absolute Gasteiger partial charge is 0.507 e. The molecular weight excluding hydrogens is 258 g/mol. The van der Waals surface area contributed by atoms with Crippen LogP contribution < -0.4 is 5.32 Å². The quantitative estimate of drug-likeness (QED) is 0.876. The van der Waals surface area contributed by atoms with Gasteiger partial charge in [-0.1, -0.05) is 41.9 Å². The number of rotatable bonds is 4. The average Bonchev–Trinajstić information content (AvgIpc) is 2.41. The van der Waals surface area contributed by atoms with Gasteiger partial charge in [-0.3, -0.25) is 0 Å². The minimum absolute atomic E-state index is 0.206. The van der Waals surface area contributed by atoms with Gasteiger partial charge in [-0.2, -0.15) is 0 Å². The van der Waals surface area contributed by atoms with E-state index >= 15 is 0 Å². The van der Waals surface area contributed by atoms with Crippen LogP contribution in [0.3, 0.4) is 0 Å². The number of aryl methyl sites for hydroxylation is 1. The Bertz CT molecular complexity index is 551. The van der Waals surface area contributed by atoms with Crippen molar-refractivity contribution in [2.24, 2.45) is 0 Å². The average molecular weight is 276 g/mol. The first-order valence-electron chi connectivity index (χ1n) is 6.34. The molecule has 3 heteroatoms. The van der Waals surface area contributed by atoms with E-state index in [1.807, 2.05) is 49.4 Å². The monoisotopic (exact) mass is 275 g/mol. The van der Waals surface area contributed by atoms with Gasteiger partial charge in [0.15, 0.2) is 0 Å². The van der Waals surface area contributed by atoms with E-state index in [9.17, 15) is 5.11 Å². The fourth-order valence-electron chi connectivity index (χ4n) is 1.99. The number of nitrogens with one attached hydrogen (secondary N) is 1. The number of phenols is 1. The summed E-state index contributed by atoms with van der Waals surface area (Å²) in [7, 11) is 0. The lowest BCUT2D eigenvalue weighted by Crippen LogP contribution is -2.18. The molecule has 0 saturated heterocycles. The third-order valence-electron chi connectivity index (χ3n) is 3.29. The molecule has 2 N–H and O–H groups in total. The summed E-state index contributed by atoms with van der Waals surface area (Å²) in [4.78, 5) is 0. The van der Waals surface area contributed by atoms with Gasteiger partial charge in [0.25, 0.3) is 0 Å². The number of aromatic hydroxyl groups is 1. The molecule has 0 aliphatic carbocycles. The molecule has 0 amide bonds. The fourth-order valence-corrected chi connectivity index (χ4v) is 2.12. The second kappa shape index (κ2) is 6.09. The first kappa shape index (κ1) is 13.9. The maximum Gasteiger partial charge on any atom is 0.122 e. The van der Waals surface area contributed by atoms with Crippen molar-refractivity contribution in [1.29, 1.82) is 0 Å². The highest BCUT2D eigenvalue weighted by Gasteiger charge is 2.07. The minimum atomic E-state index is 0.206. The van der Waals surface area contributed by atoms with Crippen LogP contribution in [-0.2, 0) is 6.54 Å². The highest BCUT2D eigenvalue weighted by atomic mass is 35.5. The van der Waals surface area contributed by atoms with Gasteiger partial charge in [-0.15, -0.1) is 0 Å². The molecule has 0 spiro atoms. The number of hydrogen-bond acceptors (Lipinski definition) is 2. The molecule has 0 unspecified atom stereocenters. The van der Waals surface area contributed by atoms with Crippen molar-refractivity contribution in [3.63, 3.8) is 0 Å². The number of hydrogen-bond donors (Lipinski definition) is 2. The maximum absolute atomic E-state index is 9.96. The van der Waals surface area contributed by atoms with Crippen molar-refractivity contribution in [2.45, 2.75) is 26.4 Å². The zero-order valence-corrected chi connectivity index (χ0v) is 11.9. The minimum Gasteiger partial charge on any atom is -0.507 e. The zero-order chi connectivity index (χ0) is 13.8. The molecule has 0 aliphatic rings. The van der Waals surface area contributed by atoms with Gasteiger partial charge in [-0.25, -0.2) is 0 Å². The van der Waals surface area contributed by atoms with Gasteiger partial charge < -0.3 is 10.4 Å². The third-order valence-corrected chi connectivity index (χ3v) is 3.54. The predicted octanol–water partition coefficient (Wildman–Crippen LogP) is 4.20. The predicted molar refractivity (Wildman–Crippen MR) is 79.6 cm³/mol. The van der Waals surface area contributed by atoms with Crippen LogP contribution in [0.25, 0.3) is 0 Å². The standard InChI is InChI=1S/C16H18ClNO/c1-11-4-3-5-14(16(11)19)10-18-12(2)13-6-8-15(17)9-7-13/h3-9,12,18-19H,10H2,1-2H3/t12-/m0/s1. The van der Waals surface area contributed by atoms with Gasteiger partial charge in [0.1, 0.15) is 5.75 Å². The molecule has 0 fully saturated rings. The van der Waals surface area contributed by atoms with Gasteiger partial charge >= 0.3 is 0 Å². The van der Waals surface area contributed by atoms with Crippen molar-refractivity contribution >= 4 is 11.6 Å². The van der Waals surface area contributed by atoms with Crippen LogP contribution in [0.5, 0.6) is 5.75 Å². The van der Waals surface area contributed by atoms with Crippen LogP contribution in [0.1, 0.15) is 29.7 Å². The highest BCUT2D eigenvalue weighted by Crippen LogP contribution is 2.22. The first-order chi connectivity index (χ1) is 9.08. The van der Waals surface area contributed by atoms with Crippen LogP contribution >= 0.6 is 11.6 Å². The Labute approximate surface area is 119 Å². The Kier molecular flexibility index (Phi) is 4.46. The molecule has 0 bridgehead atoms. The lowest BCUT2D eigenvalue weighted by molar-refractivity contribution is 0.456. The molecular formula is C16H18ClNO. The molecule has 0 radical (unpaired) electrons. The summed E-state index contributed by atoms with van der Waals surface area (Å²) in [5.74, 6) is 0.373. The van der Waals surface area contributed by atoms with E-state index < -0.39 is 0 Å². The van der Waals surface area contributed by atoms with Crippen molar-refractivity contribution in [3.8, 4) is 5.75 Å². The molecule has 1 atom stereocenters. The molecule has 2 rings (SSSR count). The van der Waals surface area contributed by atoms with Crippen molar-refractivity contribution in [1.82, 2.24) is 5.32 Å². The van der Waals surface area contributed by atoms with Crippen LogP contribution in [0, 0.1) is 6.92 Å². The highest BCUT2D eigenvalue weighted by molar-refractivity contribution is 6.30. The van der Waals surface area contributed by atoms with Crippen LogP contribution in [0.15, 0.2) is 42.5 Å².